The third kappa shape index (κ3) is 4.10. The van der Waals surface area contributed by atoms with E-state index in [1.165, 1.54) is 11.1 Å². The second kappa shape index (κ2) is 7.43. The summed E-state index contributed by atoms with van der Waals surface area (Å²) < 4.78 is 5.98. The van der Waals surface area contributed by atoms with E-state index in [2.05, 4.69) is 41.8 Å². The smallest absolute Gasteiger partial charge is 0.237 e. The molecule has 0 saturated carbocycles. The van der Waals surface area contributed by atoms with Crippen LogP contribution < -0.4 is 10.6 Å². The zero-order valence-electron chi connectivity index (χ0n) is 13.6. The molecule has 2 aliphatic rings. The molecule has 0 spiro atoms. The number of rotatable bonds is 4. The molecule has 1 aromatic rings. The van der Waals surface area contributed by atoms with Gasteiger partial charge in [-0.1, -0.05) is 29.8 Å². The Morgan fingerprint density at radius 3 is 2.87 bits per heavy atom. The van der Waals surface area contributed by atoms with E-state index in [0.29, 0.717) is 25.4 Å². The molecule has 4 atom stereocenters. The van der Waals surface area contributed by atoms with E-state index >= 15 is 0 Å². The average Bonchev–Trinajstić information content (AvgIpc) is 3.00. The average molecular weight is 318 g/mol. The van der Waals surface area contributed by atoms with Gasteiger partial charge in [-0.25, -0.2) is 0 Å². The van der Waals surface area contributed by atoms with Crippen molar-refractivity contribution >= 4 is 5.91 Å². The molecule has 2 saturated heterocycles. The molecular formula is C18H26N2O3. The Hall–Kier alpha value is -1.43. The van der Waals surface area contributed by atoms with Crippen molar-refractivity contribution in [3.05, 3.63) is 35.4 Å². The third-order valence-electron chi connectivity index (χ3n) is 4.81. The van der Waals surface area contributed by atoms with E-state index in [1.54, 1.807) is 0 Å². The van der Waals surface area contributed by atoms with Crippen LogP contribution in [0.3, 0.4) is 0 Å². The van der Waals surface area contributed by atoms with Crippen LogP contribution in [0.25, 0.3) is 0 Å². The van der Waals surface area contributed by atoms with Crippen LogP contribution >= 0.6 is 0 Å². The zero-order valence-corrected chi connectivity index (χ0v) is 13.6. The molecule has 3 N–H and O–H groups in total. The summed E-state index contributed by atoms with van der Waals surface area (Å²) in [7, 11) is 0. The predicted octanol–water partition coefficient (Wildman–Crippen LogP) is 1.30. The van der Waals surface area contributed by atoms with Gasteiger partial charge in [0.25, 0.3) is 0 Å². The minimum Gasteiger partial charge on any atom is -0.392 e. The summed E-state index contributed by atoms with van der Waals surface area (Å²) in [5.41, 5.74) is 2.42. The minimum atomic E-state index is -0.413. The highest BCUT2D eigenvalue weighted by Crippen LogP contribution is 2.33. The largest absolute Gasteiger partial charge is 0.392 e. The van der Waals surface area contributed by atoms with Gasteiger partial charge in [-0.2, -0.15) is 0 Å². The van der Waals surface area contributed by atoms with Gasteiger partial charge in [0.05, 0.1) is 18.2 Å². The van der Waals surface area contributed by atoms with E-state index < -0.39 is 6.10 Å². The number of aryl methyl sites for hydroxylation is 1. The molecule has 0 aromatic heterocycles. The van der Waals surface area contributed by atoms with Gasteiger partial charge < -0.3 is 20.5 Å². The molecule has 0 radical (unpaired) electrons. The summed E-state index contributed by atoms with van der Waals surface area (Å²) in [6.07, 6.45) is 2.22. The number of aliphatic hydroxyl groups is 1. The van der Waals surface area contributed by atoms with Crippen LogP contribution in [0.1, 0.15) is 36.5 Å². The highest BCUT2D eigenvalue weighted by Gasteiger charge is 2.31. The lowest BCUT2D eigenvalue weighted by Crippen LogP contribution is -2.43. The van der Waals surface area contributed by atoms with E-state index in [0.717, 1.165) is 19.4 Å². The Labute approximate surface area is 137 Å². The minimum absolute atomic E-state index is 0.0187. The fourth-order valence-electron chi connectivity index (χ4n) is 3.45. The normalized spacial score (nSPS) is 31.0. The quantitative estimate of drug-likeness (QED) is 0.783. The Kier molecular flexibility index (Phi) is 5.30. The highest BCUT2D eigenvalue weighted by atomic mass is 16.5. The maximum Gasteiger partial charge on any atom is 0.237 e. The molecule has 3 rings (SSSR count). The first-order chi connectivity index (χ1) is 11.1. The van der Waals surface area contributed by atoms with Crippen LogP contribution in [0.4, 0.5) is 0 Å². The van der Waals surface area contributed by atoms with Crippen molar-refractivity contribution in [3.8, 4) is 0 Å². The van der Waals surface area contributed by atoms with Crippen LogP contribution in [-0.2, 0) is 9.53 Å². The second-order valence-electron chi connectivity index (χ2n) is 6.70. The number of hydrogen-bond acceptors (Lipinski definition) is 4. The zero-order chi connectivity index (χ0) is 16.2. The van der Waals surface area contributed by atoms with E-state index in [4.69, 9.17) is 4.74 Å². The molecule has 23 heavy (non-hydrogen) atoms. The Bertz CT molecular complexity index is 532. The summed E-state index contributed by atoms with van der Waals surface area (Å²) in [6.45, 7) is 3.97. The first-order valence-corrected chi connectivity index (χ1v) is 8.51. The van der Waals surface area contributed by atoms with Gasteiger partial charge in [-0.15, -0.1) is 0 Å². The van der Waals surface area contributed by atoms with Crippen molar-refractivity contribution in [3.63, 3.8) is 0 Å². The first-order valence-electron chi connectivity index (χ1n) is 8.51. The lowest BCUT2D eigenvalue weighted by atomic mass is 9.89. The van der Waals surface area contributed by atoms with Crippen molar-refractivity contribution < 1.29 is 14.6 Å². The predicted molar refractivity (Wildman–Crippen MR) is 88.0 cm³/mol. The van der Waals surface area contributed by atoms with E-state index in [1.807, 2.05) is 0 Å². The number of nitrogens with one attached hydrogen (secondary N) is 2. The number of carbonyl (C=O) groups is 1. The summed E-state index contributed by atoms with van der Waals surface area (Å²) in [6, 6.07) is 8.18. The van der Waals surface area contributed by atoms with Crippen LogP contribution in [0, 0.1) is 12.8 Å². The third-order valence-corrected chi connectivity index (χ3v) is 4.81. The molecule has 5 heteroatoms. The van der Waals surface area contributed by atoms with Crippen LogP contribution in [-0.4, -0.2) is 42.9 Å². The van der Waals surface area contributed by atoms with Gasteiger partial charge in [0.15, 0.2) is 0 Å². The van der Waals surface area contributed by atoms with Crippen LogP contribution in [0.5, 0.6) is 0 Å². The Balaban J connectivity index is 1.58. The number of carbonyl (C=O) groups excluding carboxylic acids is 1. The van der Waals surface area contributed by atoms with Crippen molar-refractivity contribution in [1.82, 2.24) is 10.6 Å². The van der Waals surface area contributed by atoms with Crippen molar-refractivity contribution in [2.75, 3.05) is 19.7 Å². The fourth-order valence-corrected chi connectivity index (χ4v) is 3.45. The number of hydrogen-bond donors (Lipinski definition) is 3. The molecule has 126 valence electrons. The second-order valence-corrected chi connectivity index (χ2v) is 6.70. The first kappa shape index (κ1) is 16.4. The van der Waals surface area contributed by atoms with Gasteiger partial charge in [-0.05, 0) is 31.7 Å². The molecule has 2 fully saturated rings. The maximum atomic E-state index is 12.2. The molecule has 2 heterocycles. The SMILES string of the molecule is Cc1ccc(C2OCCCC2CNC(=O)C2CC(O)CN2)cc1. The summed E-state index contributed by atoms with van der Waals surface area (Å²) in [4.78, 5) is 12.2. The Morgan fingerprint density at radius 2 is 2.17 bits per heavy atom. The fraction of sp³-hybridized carbons (Fsp3) is 0.611. The van der Waals surface area contributed by atoms with E-state index in [-0.39, 0.29) is 18.1 Å². The van der Waals surface area contributed by atoms with Crippen LogP contribution in [0.2, 0.25) is 0 Å². The molecule has 5 nitrogen and oxygen atoms in total. The molecule has 0 bridgehead atoms. The monoisotopic (exact) mass is 318 g/mol. The van der Waals surface area contributed by atoms with Gasteiger partial charge >= 0.3 is 0 Å². The van der Waals surface area contributed by atoms with E-state index in [9.17, 15) is 9.90 Å². The van der Waals surface area contributed by atoms with Crippen molar-refractivity contribution in [1.29, 1.82) is 0 Å². The van der Waals surface area contributed by atoms with Crippen molar-refractivity contribution in [2.45, 2.75) is 44.4 Å². The Morgan fingerprint density at radius 1 is 1.39 bits per heavy atom. The number of aliphatic hydroxyl groups excluding tert-OH is 1. The molecule has 1 aromatic carbocycles. The van der Waals surface area contributed by atoms with Crippen LogP contribution in [0.15, 0.2) is 24.3 Å². The summed E-state index contributed by atoms with van der Waals surface area (Å²) in [5.74, 6) is 0.275. The molecule has 2 aliphatic heterocycles. The maximum absolute atomic E-state index is 12.2. The molecular weight excluding hydrogens is 292 g/mol. The highest BCUT2D eigenvalue weighted by molar-refractivity contribution is 5.82. The summed E-state index contributed by atoms with van der Waals surface area (Å²) >= 11 is 0. The standard InChI is InChI=1S/C18H26N2O3/c1-12-4-6-13(7-5-12)17-14(3-2-8-23-17)10-20-18(22)16-9-15(21)11-19-16/h4-7,14-17,19,21H,2-3,8-11H2,1H3,(H,20,22). The van der Waals surface area contributed by atoms with Gasteiger partial charge in [0, 0.05) is 25.6 Å². The molecule has 0 aliphatic carbocycles. The lowest BCUT2D eigenvalue weighted by molar-refractivity contribution is -0.123. The lowest BCUT2D eigenvalue weighted by Gasteiger charge is -2.32. The topological polar surface area (TPSA) is 70.6 Å². The molecule has 4 unspecified atom stereocenters. The number of ether oxygens (including phenoxy) is 1. The van der Waals surface area contributed by atoms with Crippen molar-refractivity contribution in [2.24, 2.45) is 5.92 Å². The molecule has 1 amide bonds. The number of benzene rings is 1. The van der Waals surface area contributed by atoms with Gasteiger partial charge in [0.1, 0.15) is 0 Å². The van der Waals surface area contributed by atoms with Gasteiger partial charge in [0.2, 0.25) is 5.91 Å². The summed E-state index contributed by atoms with van der Waals surface area (Å²) in [5, 5.41) is 15.6. The number of amides is 1. The van der Waals surface area contributed by atoms with Gasteiger partial charge in [-0.3, -0.25) is 4.79 Å². The number of β-amino-alcohol motifs (C(OH)–C–C–N with tert-alkyl or cyclic N) is 1.